The van der Waals surface area contributed by atoms with Crippen LogP contribution in [0.2, 0.25) is 0 Å². The fourth-order valence-corrected chi connectivity index (χ4v) is 0.220. The molecule has 0 saturated carbocycles. The van der Waals surface area contributed by atoms with E-state index >= 15 is 0 Å². The number of aliphatic carboxylic acids is 1. The molecule has 9 heavy (non-hydrogen) atoms. The van der Waals surface area contributed by atoms with E-state index in [-0.39, 0.29) is 0 Å². The number of carboxylic acids is 1. The number of rotatable bonds is 3. The molecule has 1 N–H and O–H groups in total. The molecule has 0 rings (SSSR count). The van der Waals surface area contributed by atoms with Crippen LogP contribution in [0, 0.1) is 0 Å². The van der Waals surface area contributed by atoms with Gasteiger partial charge in [-0.05, 0) is 0 Å². The van der Waals surface area contributed by atoms with Crippen molar-refractivity contribution in [2.24, 2.45) is 0 Å². The van der Waals surface area contributed by atoms with Crippen LogP contribution in [0.1, 0.15) is 15.5 Å². The van der Waals surface area contributed by atoms with Crippen LogP contribution in [0.15, 0.2) is 0 Å². The molecule has 0 bridgehead atoms. The fourth-order valence-electron chi connectivity index (χ4n) is 0.220. The lowest BCUT2D eigenvalue weighted by atomic mass is 10.3. The van der Waals surface area contributed by atoms with E-state index < -0.39 is 24.7 Å². The van der Waals surface area contributed by atoms with E-state index in [2.05, 4.69) is 4.74 Å². The third kappa shape index (κ3) is 4.80. The average Bonchev–Trinajstić information content (AvgIpc) is 1.83. The molecule has 0 unspecified atom stereocenters. The van der Waals surface area contributed by atoms with Crippen molar-refractivity contribution >= 4 is 11.9 Å². The molecule has 0 atom stereocenters. The highest BCUT2D eigenvalue weighted by Crippen LogP contribution is 1.89. The highest BCUT2D eigenvalue weighted by molar-refractivity contribution is 5.76. The van der Waals surface area contributed by atoms with Crippen LogP contribution in [0.25, 0.3) is 0 Å². The van der Waals surface area contributed by atoms with Gasteiger partial charge in [-0.2, -0.15) is 0 Å². The summed E-state index contributed by atoms with van der Waals surface area (Å²) < 4.78 is 17.8. The maximum atomic E-state index is 10.5. The Balaban J connectivity index is 4.21. The average molecular weight is 134 g/mol. The summed E-state index contributed by atoms with van der Waals surface area (Å²) in [6.07, 6.45) is -3.31. The zero-order valence-electron chi connectivity index (χ0n) is 6.88. The van der Waals surface area contributed by atoms with Crippen molar-refractivity contribution in [1.82, 2.24) is 0 Å². The maximum absolute atomic E-state index is 10.5. The summed E-state index contributed by atoms with van der Waals surface area (Å²) in [6.45, 7) is 0. The minimum absolute atomic E-state index is 0.875. The third-order valence-electron chi connectivity index (χ3n) is 0.569. The molecule has 0 aliphatic heterocycles. The first kappa shape index (κ1) is 4.78. The summed E-state index contributed by atoms with van der Waals surface area (Å²) >= 11 is 0. The van der Waals surface area contributed by atoms with E-state index in [0.29, 0.717) is 0 Å². The van der Waals surface area contributed by atoms with E-state index in [1.165, 1.54) is 0 Å². The van der Waals surface area contributed by atoms with Crippen molar-refractivity contribution in [2.45, 2.75) is 12.8 Å². The highest BCUT2D eigenvalue weighted by Gasteiger charge is 2.02. The lowest BCUT2D eigenvalue weighted by Crippen LogP contribution is -2.04. The quantitative estimate of drug-likeness (QED) is 0.553. The number of ether oxygens (including phenoxy) is 1. The van der Waals surface area contributed by atoms with Gasteiger partial charge in [-0.25, -0.2) is 0 Å². The Morgan fingerprint density at radius 3 is 2.67 bits per heavy atom. The molecule has 0 aromatic carbocycles. The maximum Gasteiger partial charge on any atom is 0.306 e. The molecule has 0 aromatic heterocycles. The van der Waals surface area contributed by atoms with E-state index in [9.17, 15) is 9.59 Å². The largest absolute Gasteiger partial charge is 0.481 e. The summed E-state index contributed by atoms with van der Waals surface area (Å²) in [5.41, 5.74) is 0. The zero-order valence-corrected chi connectivity index (χ0v) is 4.88. The van der Waals surface area contributed by atoms with E-state index in [4.69, 9.17) is 7.85 Å². The van der Waals surface area contributed by atoms with Gasteiger partial charge in [0, 0.05) is 2.74 Å². The lowest BCUT2D eigenvalue weighted by molar-refractivity contribution is -0.145. The Morgan fingerprint density at radius 2 is 2.33 bits per heavy atom. The number of carbonyl (C=O) groups is 2. The van der Waals surface area contributed by atoms with Gasteiger partial charge in [-0.3, -0.25) is 9.59 Å². The van der Waals surface area contributed by atoms with Crippen LogP contribution < -0.4 is 0 Å². The van der Waals surface area contributed by atoms with Crippen LogP contribution in [0.4, 0.5) is 0 Å². The SMILES string of the molecule is [2H]C([2H])(CC(=O)O)C(=O)OC. The fraction of sp³-hybridized carbons (Fsp3) is 0.600. The Hall–Kier alpha value is -1.06. The van der Waals surface area contributed by atoms with Crippen molar-refractivity contribution in [1.29, 1.82) is 0 Å². The van der Waals surface area contributed by atoms with Gasteiger partial charge < -0.3 is 9.84 Å². The monoisotopic (exact) mass is 134 g/mol. The van der Waals surface area contributed by atoms with Crippen molar-refractivity contribution in [3.8, 4) is 0 Å². The van der Waals surface area contributed by atoms with Gasteiger partial charge in [0.1, 0.15) is 0 Å². The molecular weight excluding hydrogens is 124 g/mol. The molecule has 0 saturated heterocycles. The van der Waals surface area contributed by atoms with Crippen LogP contribution in [0.3, 0.4) is 0 Å². The van der Waals surface area contributed by atoms with Gasteiger partial charge in [0.25, 0.3) is 0 Å². The van der Waals surface area contributed by atoms with Gasteiger partial charge in [-0.15, -0.1) is 0 Å². The first-order valence-electron chi connectivity index (χ1n) is 3.20. The standard InChI is InChI=1S/C5H8O4/c1-9-5(8)3-2-4(6)7/h2-3H2,1H3,(H,6,7)/i3D2. The topological polar surface area (TPSA) is 63.6 Å². The number of carbonyl (C=O) groups excluding carboxylic acids is 1. The third-order valence-corrected chi connectivity index (χ3v) is 0.569. The second kappa shape index (κ2) is 3.88. The van der Waals surface area contributed by atoms with Gasteiger partial charge in [0.15, 0.2) is 0 Å². The molecule has 52 valence electrons. The first-order chi connectivity index (χ1) is 4.90. The summed E-state index contributed by atoms with van der Waals surface area (Å²) in [5, 5.41) is 8.15. The number of esters is 1. The number of methoxy groups -OCH3 is 1. The van der Waals surface area contributed by atoms with Crippen LogP contribution in [-0.4, -0.2) is 24.2 Å². The molecule has 0 fully saturated rings. The number of hydrogen-bond acceptors (Lipinski definition) is 3. The van der Waals surface area contributed by atoms with E-state index in [0.717, 1.165) is 7.11 Å². The molecule has 0 aliphatic rings. The summed E-state index contributed by atoms with van der Waals surface area (Å²) in [5.74, 6) is -2.54. The van der Waals surface area contributed by atoms with Crippen LogP contribution in [-0.2, 0) is 14.3 Å². The van der Waals surface area contributed by atoms with Gasteiger partial charge >= 0.3 is 11.9 Å². The van der Waals surface area contributed by atoms with E-state index in [1.54, 1.807) is 0 Å². The minimum atomic E-state index is -2.43. The van der Waals surface area contributed by atoms with E-state index in [1.807, 2.05) is 0 Å². The highest BCUT2D eigenvalue weighted by atomic mass is 16.5. The van der Waals surface area contributed by atoms with Crippen molar-refractivity contribution < 1.29 is 22.2 Å². The summed E-state index contributed by atoms with van der Waals surface area (Å²) in [7, 11) is 1.00. The molecule has 0 spiro atoms. The van der Waals surface area contributed by atoms with Crippen molar-refractivity contribution in [3.63, 3.8) is 0 Å². The molecule has 4 heteroatoms. The second-order valence-electron chi connectivity index (χ2n) is 1.24. The normalized spacial score (nSPS) is 13.4. The van der Waals surface area contributed by atoms with Crippen molar-refractivity contribution in [2.75, 3.05) is 7.11 Å². The van der Waals surface area contributed by atoms with Crippen molar-refractivity contribution in [3.05, 3.63) is 0 Å². The Morgan fingerprint density at radius 1 is 1.78 bits per heavy atom. The summed E-state index contributed by atoms with van der Waals surface area (Å²) in [6, 6.07) is 0. The van der Waals surface area contributed by atoms with Gasteiger partial charge in [0.05, 0.1) is 19.9 Å². The first-order valence-corrected chi connectivity index (χ1v) is 2.20. The molecule has 0 aliphatic carbocycles. The van der Waals surface area contributed by atoms with Crippen LogP contribution in [0.5, 0.6) is 0 Å². The smallest absolute Gasteiger partial charge is 0.306 e. The number of hydrogen-bond donors (Lipinski definition) is 1. The number of carboxylic acid groups (broad SMARTS) is 1. The molecule has 0 amide bonds. The molecule has 0 heterocycles. The predicted molar refractivity (Wildman–Crippen MR) is 28.9 cm³/mol. The summed E-state index contributed by atoms with van der Waals surface area (Å²) in [4.78, 5) is 20.5. The lowest BCUT2D eigenvalue weighted by Gasteiger charge is -1.92. The zero-order chi connectivity index (χ0) is 9.07. The predicted octanol–water partition coefficient (Wildman–Crippen LogP) is 0.0242. The second-order valence-corrected chi connectivity index (χ2v) is 1.24. The minimum Gasteiger partial charge on any atom is -0.481 e. The van der Waals surface area contributed by atoms with Gasteiger partial charge in [-0.1, -0.05) is 0 Å². The van der Waals surface area contributed by atoms with Gasteiger partial charge in [0.2, 0.25) is 0 Å². The molecular formula is C5H8O4. The Bertz CT molecular complexity index is 177. The molecule has 4 nitrogen and oxygen atoms in total. The van der Waals surface area contributed by atoms with Crippen LogP contribution >= 0.6 is 0 Å². The molecule has 0 radical (unpaired) electrons. The Labute approximate surface area is 55.2 Å². The molecule has 0 aromatic rings. The Kier molecular flexibility index (Phi) is 2.06.